The second-order valence-corrected chi connectivity index (χ2v) is 5.85. The van der Waals surface area contributed by atoms with E-state index in [1.807, 2.05) is 13.0 Å². The predicted octanol–water partition coefficient (Wildman–Crippen LogP) is 5.08. The molecule has 0 unspecified atom stereocenters. The second kappa shape index (κ2) is 9.43. The Kier molecular flexibility index (Phi) is 7.88. The van der Waals surface area contributed by atoms with Crippen LogP contribution in [0, 0.1) is 6.92 Å². The number of aryl methyl sites for hydroxylation is 2. The van der Waals surface area contributed by atoms with Crippen LogP contribution in [0.2, 0.25) is 0 Å². The van der Waals surface area contributed by atoms with Gasteiger partial charge in [0.15, 0.2) is 0 Å². The average molecular weight is 292 g/mol. The molecular weight excluding hydrogens is 264 g/mol. The lowest BCUT2D eigenvalue weighted by Gasteiger charge is -2.09. The minimum atomic E-state index is -1.06. The van der Waals surface area contributed by atoms with Gasteiger partial charge in [-0.1, -0.05) is 57.9 Å². The van der Waals surface area contributed by atoms with E-state index in [9.17, 15) is 9.90 Å². The first-order valence-corrected chi connectivity index (χ1v) is 8.12. The zero-order valence-electron chi connectivity index (χ0n) is 13.3. The monoisotopic (exact) mass is 292 g/mol. The Bertz CT molecular complexity index is 452. The van der Waals surface area contributed by atoms with Crippen molar-refractivity contribution in [1.29, 1.82) is 0 Å². The SMILES string of the molecule is CCCCCCCCCCc1cc(C)cc(C(=O)O)c1O. The first-order chi connectivity index (χ1) is 10.1. The smallest absolute Gasteiger partial charge is 0.339 e. The molecule has 2 N–H and O–H groups in total. The zero-order chi connectivity index (χ0) is 15.7. The summed E-state index contributed by atoms with van der Waals surface area (Å²) >= 11 is 0. The standard InChI is InChI=1S/C18H28O3/c1-3-4-5-6-7-8-9-10-11-15-12-14(2)13-16(17(15)19)18(20)21/h12-13,19H,3-11H2,1-2H3,(H,20,21). The summed E-state index contributed by atoms with van der Waals surface area (Å²) in [7, 11) is 0. The fourth-order valence-corrected chi connectivity index (χ4v) is 2.66. The van der Waals surface area contributed by atoms with Crippen molar-refractivity contribution in [2.24, 2.45) is 0 Å². The third kappa shape index (κ3) is 6.19. The minimum absolute atomic E-state index is 0.0181. The van der Waals surface area contributed by atoms with E-state index in [1.54, 1.807) is 0 Å². The molecule has 1 aromatic rings. The van der Waals surface area contributed by atoms with E-state index in [-0.39, 0.29) is 11.3 Å². The lowest BCUT2D eigenvalue weighted by molar-refractivity contribution is 0.0693. The molecule has 0 radical (unpaired) electrons. The summed E-state index contributed by atoms with van der Waals surface area (Å²) in [4.78, 5) is 11.1. The van der Waals surface area contributed by atoms with E-state index in [0.29, 0.717) is 0 Å². The highest BCUT2D eigenvalue weighted by atomic mass is 16.4. The van der Waals surface area contributed by atoms with Crippen LogP contribution in [0.3, 0.4) is 0 Å². The number of hydrogen-bond acceptors (Lipinski definition) is 2. The van der Waals surface area contributed by atoms with Gasteiger partial charge in [0.2, 0.25) is 0 Å². The Balaban J connectivity index is 2.37. The molecule has 0 bridgehead atoms. The van der Waals surface area contributed by atoms with E-state index in [0.717, 1.165) is 30.4 Å². The van der Waals surface area contributed by atoms with Crippen molar-refractivity contribution in [2.45, 2.75) is 71.6 Å². The summed E-state index contributed by atoms with van der Waals surface area (Å²) in [6, 6.07) is 3.41. The van der Waals surface area contributed by atoms with E-state index in [4.69, 9.17) is 5.11 Å². The lowest BCUT2D eigenvalue weighted by atomic mass is 9.99. The van der Waals surface area contributed by atoms with Crippen molar-refractivity contribution in [3.05, 3.63) is 28.8 Å². The molecule has 0 saturated carbocycles. The molecule has 0 atom stereocenters. The van der Waals surface area contributed by atoms with Gasteiger partial charge in [0, 0.05) is 0 Å². The highest BCUT2D eigenvalue weighted by Crippen LogP contribution is 2.26. The van der Waals surface area contributed by atoms with Gasteiger partial charge < -0.3 is 10.2 Å². The summed E-state index contributed by atoms with van der Waals surface area (Å²) in [5.41, 5.74) is 1.67. The topological polar surface area (TPSA) is 57.5 Å². The molecular formula is C18H28O3. The van der Waals surface area contributed by atoms with Gasteiger partial charge in [-0.3, -0.25) is 0 Å². The van der Waals surface area contributed by atoms with Crippen LogP contribution >= 0.6 is 0 Å². The van der Waals surface area contributed by atoms with Gasteiger partial charge >= 0.3 is 5.97 Å². The first-order valence-electron chi connectivity index (χ1n) is 8.12. The molecule has 0 aliphatic heterocycles. The predicted molar refractivity (Wildman–Crippen MR) is 86.1 cm³/mol. The molecule has 118 valence electrons. The number of benzene rings is 1. The fourth-order valence-electron chi connectivity index (χ4n) is 2.66. The number of phenols is 1. The third-order valence-corrected chi connectivity index (χ3v) is 3.86. The van der Waals surface area contributed by atoms with Crippen molar-refractivity contribution >= 4 is 5.97 Å². The summed E-state index contributed by atoms with van der Waals surface area (Å²) in [5.74, 6) is -1.12. The Morgan fingerprint density at radius 1 is 1.00 bits per heavy atom. The molecule has 0 aliphatic rings. The molecule has 21 heavy (non-hydrogen) atoms. The van der Waals surface area contributed by atoms with Crippen LogP contribution in [0.15, 0.2) is 12.1 Å². The van der Waals surface area contributed by atoms with Crippen molar-refractivity contribution in [2.75, 3.05) is 0 Å². The molecule has 0 heterocycles. The lowest BCUT2D eigenvalue weighted by Crippen LogP contribution is -2.00. The number of hydrogen-bond donors (Lipinski definition) is 2. The van der Waals surface area contributed by atoms with Gasteiger partial charge in [-0.25, -0.2) is 4.79 Å². The number of unbranched alkanes of at least 4 members (excludes halogenated alkanes) is 7. The highest BCUT2D eigenvalue weighted by Gasteiger charge is 2.14. The maximum Gasteiger partial charge on any atom is 0.339 e. The van der Waals surface area contributed by atoms with Crippen LogP contribution in [0.1, 0.15) is 79.8 Å². The van der Waals surface area contributed by atoms with Crippen LogP contribution in [-0.4, -0.2) is 16.2 Å². The molecule has 0 aromatic heterocycles. The van der Waals surface area contributed by atoms with Crippen LogP contribution in [0.5, 0.6) is 5.75 Å². The van der Waals surface area contributed by atoms with Crippen LogP contribution in [-0.2, 0) is 6.42 Å². The highest BCUT2D eigenvalue weighted by molar-refractivity contribution is 5.91. The normalized spacial score (nSPS) is 10.8. The molecule has 0 saturated heterocycles. The molecule has 3 nitrogen and oxygen atoms in total. The van der Waals surface area contributed by atoms with Crippen molar-refractivity contribution < 1.29 is 15.0 Å². The number of carboxylic acids is 1. The van der Waals surface area contributed by atoms with Gasteiger partial charge in [0.1, 0.15) is 11.3 Å². The minimum Gasteiger partial charge on any atom is -0.507 e. The number of aromatic carboxylic acids is 1. The molecule has 1 aromatic carbocycles. The molecule has 3 heteroatoms. The van der Waals surface area contributed by atoms with Crippen LogP contribution in [0.4, 0.5) is 0 Å². The maximum atomic E-state index is 11.1. The largest absolute Gasteiger partial charge is 0.507 e. The maximum absolute atomic E-state index is 11.1. The van der Waals surface area contributed by atoms with Crippen molar-refractivity contribution in [1.82, 2.24) is 0 Å². The van der Waals surface area contributed by atoms with Gasteiger partial charge in [0.05, 0.1) is 0 Å². The van der Waals surface area contributed by atoms with E-state index in [1.165, 1.54) is 44.6 Å². The van der Waals surface area contributed by atoms with Gasteiger partial charge in [-0.15, -0.1) is 0 Å². The van der Waals surface area contributed by atoms with E-state index in [2.05, 4.69) is 6.92 Å². The number of aromatic hydroxyl groups is 1. The van der Waals surface area contributed by atoms with Crippen molar-refractivity contribution in [3.8, 4) is 5.75 Å². The number of rotatable bonds is 10. The summed E-state index contributed by atoms with van der Waals surface area (Å²) in [6.07, 6.45) is 10.6. The van der Waals surface area contributed by atoms with E-state index >= 15 is 0 Å². The number of carboxylic acid groups (broad SMARTS) is 1. The summed E-state index contributed by atoms with van der Waals surface area (Å²) in [6.45, 7) is 4.09. The van der Waals surface area contributed by atoms with Gasteiger partial charge in [-0.05, 0) is 37.0 Å². The van der Waals surface area contributed by atoms with E-state index < -0.39 is 5.97 Å². The average Bonchev–Trinajstić information content (AvgIpc) is 2.44. The zero-order valence-corrected chi connectivity index (χ0v) is 13.3. The molecule has 0 amide bonds. The quantitative estimate of drug-likeness (QED) is 0.591. The number of carbonyl (C=O) groups is 1. The van der Waals surface area contributed by atoms with Gasteiger partial charge in [0.25, 0.3) is 0 Å². The van der Waals surface area contributed by atoms with Crippen molar-refractivity contribution in [3.63, 3.8) is 0 Å². The second-order valence-electron chi connectivity index (χ2n) is 5.85. The van der Waals surface area contributed by atoms with Gasteiger partial charge in [-0.2, -0.15) is 0 Å². The Morgan fingerprint density at radius 2 is 1.57 bits per heavy atom. The first kappa shape index (κ1) is 17.5. The Morgan fingerprint density at radius 3 is 2.14 bits per heavy atom. The summed E-state index contributed by atoms with van der Waals surface area (Å²) in [5, 5.41) is 19.1. The summed E-state index contributed by atoms with van der Waals surface area (Å²) < 4.78 is 0. The van der Waals surface area contributed by atoms with Crippen LogP contribution < -0.4 is 0 Å². The fraction of sp³-hybridized carbons (Fsp3) is 0.611. The Labute approximate surface area is 128 Å². The molecule has 0 spiro atoms. The van der Waals surface area contributed by atoms with Crippen LogP contribution in [0.25, 0.3) is 0 Å². The molecule has 0 fully saturated rings. The Hall–Kier alpha value is -1.51. The molecule has 0 aliphatic carbocycles. The molecule has 1 rings (SSSR count). The third-order valence-electron chi connectivity index (χ3n) is 3.86.